The summed E-state index contributed by atoms with van der Waals surface area (Å²) in [5.74, 6) is -0.606. The first-order valence-corrected chi connectivity index (χ1v) is 7.98. The van der Waals surface area contributed by atoms with Crippen LogP contribution in [0.5, 0.6) is 0 Å². The minimum absolute atomic E-state index is 0.248. The zero-order valence-electron chi connectivity index (χ0n) is 13.4. The summed E-state index contributed by atoms with van der Waals surface area (Å²) in [7, 11) is 0. The number of hydrogen-bond acceptors (Lipinski definition) is 4. The summed E-state index contributed by atoms with van der Waals surface area (Å²) >= 11 is 5.92. The van der Waals surface area contributed by atoms with E-state index in [1.165, 1.54) is 11.6 Å². The molecule has 0 bridgehead atoms. The van der Waals surface area contributed by atoms with Crippen LogP contribution in [0.1, 0.15) is 17.4 Å². The maximum Gasteiger partial charge on any atom is 0.358 e. The van der Waals surface area contributed by atoms with Crippen molar-refractivity contribution in [2.75, 3.05) is 0 Å². The highest BCUT2D eigenvalue weighted by Crippen LogP contribution is 2.24. The molecule has 0 radical (unpaired) electrons. The van der Waals surface area contributed by atoms with Gasteiger partial charge in [-0.2, -0.15) is 10.4 Å². The molecule has 0 unspecified atom stereocenters. The van der Waals surface area contributed by atoms with Gasteiger partial charge in [0, 0.05) is 10.6 Å². The molecule has 6 heteroatoms. The van der Waals surface area contributed by atoms with Crippen LogP contribution in [0.3, 0.4) is 0 Å². The van der Waals surface area contributed by atoms with Crippen molar-refractivity contribution < 1.29 is 9.53 Å². The number of para-hydroxylation sites is 1. The van der Waals surface area contributed by atoms with Crippen molar-refractivity contribution in [2.24, 2.45) is 0 Å². The fourth-order valence-corrected chi connectivity index (χ4v) is 2.43. The number of nitriles is 1. The molecule has 5 nitrogen and oxygen atoms in total. The molecule has 0 spiro atoms. The van der Waals surface area contributed by atoms with Crippen LogP contribution in [0.15, 0.2) is 60.7 Å². The molecule has 0 amide bonds. The maximum atomic E-state index is 12.5. The van der Waals surface area contributed by atoms with Crippen molar-refractivity contribution in [3.05, 3.63) is 71.4 Å². The molecule has 0 aliphatic rings. The van der Waals surface area contributed by atoms with Crippen LogP contribution in [0.25, 0.3) is 16.9 Å². The topological polar surface area (TPSA) is 67.9 Å². The van der Waals surface area contributed by atoms with E-state index in [1.54, 1.807) is 18.2 Å². The summed E-state index contributed by atoms with van der Waals surface area (Å²) in [5.41, 5.74) is 2.40. The van der Waals surface area contributed by atoms with Crippen LogP contribution < -0.4 is 0 Å². The zero-order valence-corrected chi connectivity index (χ0v) is 14.1. The molecule has 1 atom stereocenters. The summed E-state index contributed by atoms with van der Waals surface area (Å²) in [6, 6.07) is 19.9. The average Bonchev–Trinajstić information content (AvgIpc) is 3.08. The van der Waals surface area contributed by atoms with E-state index < -0.39 is 12.1 Å². The molecule has 0 saturated carbocycles. The van der Waals surface area contributed by atoms with Crippen molar-refractivity contribution in [2.45, 2.75) is 13.0 Å². The van der Waals surface area contributed by atoms with Crippen molar-refractivity contribution >= 4 is 17.6 Å². The van der Waals surface area contributed by atoms with Gasteiger partial charge >= 0.3 is 5.97 Å². The van der Waals surface area contributed by atoms with Gasteiger partial charge in [0.25, 0.3) is 0 Å². The number of benzene rings is 2. The highest BCUT2D eigenvalue weighted by Gasteiger charge is 2.20. The fourth-order valence-electron chi connectivity index (χ4n) is 2.30. The van der Waals surface area contributed by atoms with Gasteiger partial charge in [-0.1, -0.05) is 41.9 Å². The third-order valence-corrected chi connectivity index (χ3v) is 3.78. The van der Waals surface area contributed by atoms with Gasteiger partial charge in [-0.25, -0.2) is 9.48 Å². The van der Waals surface area contributed by atoms with E-state index in [9.17, 15) is 4.79 Å². The lowest BCUT2D eigenvalue weighted by Crippen LogP contribution is -2.16. The Morgan fingerprint density at radius 2 is 1.88 bits per heavy atom. The normalized spacial score (nSPS) is 11.6. The van der Waals surface area contributed by atoms with Crippen LogP contribution in [-0.2, 0) is 4.74 Å². The Hall–Kier alpha value is -3.10. The van der Waals surface area contributed by atoms with Gasteiger partial charge in [-0.05, 0) is 37.3 Å². The Kier molecular flexibility index (Phi) is 4.82. The zero-order chi connectivity index (χ0) is 17.8. The first-order valence-electron chi connectivity index (χ1n) is 7.60. The van der Waals surface area contributed by atoms with Crippen LogP contribution in [0, 0.1) is 11.3 Å². The fraction of sp³-hybridized carbons (Fsp3) is 0.105. The predicted octanol–water partition coefficient (Wildman–Crippen LogP) is 4.26. The first kappa shape index (κ1) is 16.7. The quantitative estimate of drug-likeness (QED) is 0.658. The molecule has 0 aliphatic heterocycles. The number of carbonyl (C=O) groups excluding carboxylic acids is 1. The molecule has 1 heterocycles. The van der Waals surface area contributed by atoms with E-state index in [-0.39, 0.29) is 5.69 Å². The Bertz CT molecular complexity index is 928. The maximum absolute atomic E-state index is 12.5. The second-order valence-corrected chi connectivity index (χ2v) is 5.78. The monoisotopic (exact) mass is 351 g/mol. The second-order valence-electron chi connectivity index (χ2n) is 5.35. The van der Waals surface area contributed by atoms with E-state index in [0.717, 1.165) is 11.3 Å². The van der Waals surface area contributed by atoms with Gasteiger partial charge in [0.05, 0.1) is 11.4 Å². The minimum atomic E-state index is -0.842. The van der Waals surface area contributed by atoms with E-state index in [2.05, 4.69) is 5.10 Å². The lowest BCUT2D eigenvalue weighted by molar-refractivity contribution is 0.0424. The number of esters is 1. The van der Waals surface area contributed by atoms with Crippen molar-refractivity contribution in [3.63, 3.8) is 0 Å². The van der Waals surface area contributed by atoms with Crippen molar-refractivity contribution in [1.82, 2.24) is 9.78 Å². The van der Waals surface area contributed by atoms with E-state index in [1.807, 2.05) is 48.5 Å². The molecule has 0 fully saturated rings. The molecule has 25 heavy (non-hydrogen) atoms. The summed E-state index contributed by atoms with van der Waals surface area (Å²) in [6.45, 7) is 1.52. The number of carbonyl (C=O) groups is 1. The first-order chi connectivity index (χ1) is 12.1. The van der Waals surface area contributed by atoms with Gasteiger partial charge in [-0.3, -0.25) is 0 Å². The Morgan fingerprint density at radius 1 is 1.20 bits per heavy atom. The summed E-state index contributed by atoms with van der Waals surface area (Å²) in [6.07, 6.45) is -0.842. The highest BCUT2D eigenvalue weighted by molar-refractivity contribution is 6.30. The van der Waals surface area contributed by atoms with Gasteiger partial charge in [0.15, 0.2) is 11.8 Å². The average molecular weight is 352 g/mol. The van der Waals surface area contributed by atoms with E-state index in [4.69, 9.17) is 21.6 Å². The number of aromatic nitrogens is 2. The number of nitrogens with zero attached hydrogens (tertiary/aromatic N) is 3. The van der Waals surface area contributed by atoms with E-state index >= 15 is 0 Å². The SMILES string of the molecule is C[C@@H](C#N)OC(=O)c1cc(-c2ccc(Cl)cc2)nn1-c1ccccc1. The molecule has 0 saturated heterocycles. The smallest absolute Gasteiger partial charge is 0.358 e. The van der Waals surface area contributed by atoms with Crippen LogP contribution in [0.2, 0.25) is 5.02 Å². The molecule has 3 aromatic rings. The molecule has 0 aliphatic carbocycles. The number of ether oxygens (including phenoxy) is 1. The van der Waals surface area contributed by atoms with Crippen LogP contribution in [0.4, 0.5) is 0 Å². The third-order valence-electron chi connectivity index (χ3n) is 3.52. The Morgan fingerprint density at radius 3 is 2.52 bits per heavy atom. The lowest BCUT2D eigenvalue weighted by atomic mass is 10.1. The van der Waals surface area contributed by atoms with Crippen LogP contribution >= 0.6 is 11.6 Å². The van der Waals surface area contributed by atoms with E-state index in [0.29, 0.717) is 10.7 Å². The highest BCUT2D eigenvalue weighted by atomic mass is 35.5. The summed E-state index contributed by atoms with van der Waals surface area (Å²) in [4.78, 5) is 12.5. The predicted molar refractivity (Wildman–Crippen MR) is 94.5 cm³/mol. The number of hydrogen-bond donors (Lipinski definition) is 0. The van der Waals surface area contributed by atoms with Crippen LogP contribution in [-0.4, -0.2) is 21.9 Å². The molecular weight excluding hydrogens is 338 g/mol. The van der Waals surface area contributed by atoms with Crippen molar-refractivity contribution in [3.8, 4) is 23.0 Å². The Balaban J connectivity index is 2.07. The number of rotatable bonds is 4. The second kappa shape index (κ2) is 7.20. The summed E-state index contributed by atoms with van der Waals surface area (Å²) in [5, 5.41) is 14.0. The summed E-state index contributed by atoms with van der Waals surface area (Å²) < 4.78 is 6.64. The standard InChI is InChI=1S/C19H14ClN3O2/c1-13(12-21)25-19(24)18-11-17(14-7-9-15(20)10-8-14)22-23(18)16-5-3-2-4-6-16/h2-11,13H,1H3/t13-/m0/s1. The molecule has 3 rings (SSSR count). The van der Waals surface area contributed by atoms with Gasteiger partial charge in [0.1, 0.15) is 6.07 Å². The van der Waals surface area contributed by atoms with Gasteiger partial charge in [0.2, 0.25) is 0 Å². The molecule has 124 valence electrons. The molecular formula is C19H14ClN3O2. The minimum Gasteiger partial charge on any atom is -0.443 e. The van der Waals surface area contributed by atoms with Gasteiger partial charge < -0.3 is 4.74 Å². The number of halogens is 1. The third kappa shape index (κ3) is 3.70. The van der Waals surface area contributed by atoms with Crippen molar-refractivity contribution in [1.29, 1.82) is 5.26 Å². The molecule has 2 aromatic carbocycles. The Labute approximate surface area is 150 Å². The molecule has 0 N–H and O–H groups in total. The van der Waals surface area contributed by atoms with Gasteiger partial charge in [-0.15, -0.1) is 0 Å². The molecule has 1 aromatic heterocycles. The largest absolute Gasteiger partial charge is 0.443 e. The lowest BCUT2D eigenvalue weighted by Gasteiger charge is -2.08.